The molecule has 16 heavy (non-hydrogen) atoms. The van der Waals surface area contributed by atoms with Crippen LogP contribution in [-0.2, 0) is 13.8 Å². The van der Waals surface area contributed by atoms with Gasteiger partial charge in [-0.25, -0.2) is 12.8 Å². The lowest BCUT2D eigenvalue weighted by atomic mass is 10.3. The van der Waals surface area contributed by atoms with E-state index in [0.717, 1.165) is 18.2 Å². The van der Waals surface area contributed by atoms with Crippen molar-refractivity contribution >= 4 is 31.3 Å². The molecule has 0 aliphatic rings. The minimum atomic E-state index is -3.96. The maximum absolute atomic E-state index is 13.3. The van der Waals surface area contributed by atoms with Crippen molar-refractivity contribution < 1.29 is 17.6 Å². The second-order valence-electron chi connectivity index (χ2n) is 2.98. The number of benzene rings is 1. The van der Waals surface area contributed by atoms with Crippen molar-refractivity contribution in [3.63, 3.8) is 0 Å². The highest BCUT2D eigenvalue weighted by Gasteiger charge is 2.13. The molecule has 1 aromatic carbocycles. The van der Waals surface area contributed by atoms with Crippen LogP contribution >= 0.6 is 10.7 Å². The minimum Gasteiger partial charge on any atom is -0.324 e. The Morgan fingerprint density at radius 3 is 2.56 bits per heavy atom. The van der Waals surface area contributed by atoms with E-state index in [0.29, 0.717) is 0 Å². The summed E-state index contributed by atoms with van der Waals surface area (Å²) in [6, 6.07) is 3.03. The molecule has 1 amide bonds. The van der Waals surface area contributed by atoms with Crippen molar-refractivity contribution in [1.82, 2.24) is 0 Å². The quantitative estimate of drug-likeness (QED) is 0.852. The van der Waals surface area contributed by atoms with Crippen molar-refractivity contribution in [3.05, 3.63) is 24.0 Å². The van der Waals surface area contributed by atoms with Crippen molar-refractivity contribution in [2.45, 2.75) is 18.2 Å². The summed E-state index contributed by atoms with van der Waals surface area (Å²) >= 11 is 0. The number of carbonyl (C=O) groups is 1. The van der Waals surface area contributed by atoms with E-state index >= 15 is 0 Å². The van der Waals surface area contributed by atoms with E-state index in [4.69, 9.17) is 10.7 Å². The fraction of sp³-hybridized carbons (Fsp3) is 0.222. The van der Waals surface area contributed by atoms with Gasteiger partial charge in [-0.05, 0) is 18.2 Å². The molecule has 0 fully saturated rings. The smallest absolute Gasteiger partial charge is 0.261 e. The summed E-state index contributed by atoms with van der Waals surface area (Å²) in [5.41, 5.74) is -0.0732. The number of hydrogen-bond donors (Lipinski definition) is 1. The number of carbonyl (C=O) groups excluding carboxylic acids is 1. The van der Waals surface area contributed by atoms with Crippen LogP contribution in [0.5, 0.6) is 0 Å². The van der Waals surface area contributed by atoms with Crippen LogP contribution in [0.2, 0.25) is 0 Å². The lowest BCUT2D eigenvalue weighted by molar-refractivity contribution is -0.115. The maximum atomic E-state index is 13.3. The zero-order valence-corrected chi connectivity index (χ0v) is 9.90. The molecule has 0 aliphatic carbocycles. The fourth-order valence-electron chi connectivity index (χ4n) is 0.987. The number of rotatable bonds is 3. The fourth-order valence-corrected chi connectivity index (χ4v) is 1.75. The molecule has 0 saturated heterocycles. The van der Waals surface area contributed by atoms with Gasteiger partial charge in [0.15, 0.2) is 0 Å². The zero-order valence-electron chi connectivity index (χ0n) is 8.33. The standard InChI is InChI=1S/C9H9ClFNO3S/c1-2-9(13)12-8-4-3-6(5-7(8)11)16(10,14)15/h3-5H,2H2,1H3,(H,12,13). The Morgan fingerprint density at radius 2 is 2.12 bits per heavy atom. The molecule has 0 radical (unpaired) electrons. The molecule has 0 unspecified atom stereocenters. The molecule has 0 aliphatic heterocycles. The Kier molecular flexibility index (Phi) is 3.88. The van der Waals surface area contributed by atoms with Gasteiger partial charge in [-0.1, -0.05) is 6.92 Å². The van der Waals surface area contributed by atoms with Gasteiger partial charge in [0.25, 0.3) is 9.05 Å². The van der Waals surface area contributed by atoms with Gasteiger partial charge in [-0.15, -0.1) is 0 Å². The number of nitrogens with one attached hydrogen (secondary N) is 1. The van der Waals surface area contributed by atoms with Crippen molar-refractivity contribution in [2.75, 3.05) is 5.32 Å². The molecule has 1 N–H and O–H groups in total. The number of halogens is 2. The first-order valence-electron chi connectivity index (χ1n) is 4.38. The highest BCUT2D eigenvalue weighted by molar-refractivity contribution is 8.13. The van der Waals surface area contributed by atoms with Crippen molar-refractivity contribution in [3.8, 4) is 0 Å². The van der Waals surface area contributed by atoms with E-state index in [9.17, 15) is 17.6 Å². The second kappa shape index (κ2) is 4.80. The summed E-state index contributed by atoms with van der Waals surface area (Å²) in [6.07, 6.45) is 0.203. The van der Waals surface area contributed by atoms with Gasteiger partial charge in [0, 0.05) is 17.1 Å². The first-order chi connectivity index (χ1) is 7.34. The summed E-state index contributed by atoms with van der Waals surface area (Å²) in [5, 5.41) is 2.29. The summed E-state index contributed by atoms with van der Waals surface area (Å²) in [7, 11) is 1.08. The molecule has 0 heterocycles. The number of hydrogen-bond acceptors (Lipinski definition) is 3. The van der Waals surface area contributed by atoms with E-state index in [1.807, 2.05) is 0 Å². The summed E-state index contributed by atoms with van der Waals surface area (Å²) in [4.78, 5) is 10.6. The Morgan fingerprint density at radius 1 is 1.50 bits per heavy atom. The van der Waals surface area contributed by atoms with E-state index in [2.05, 4.69) is 5.32 Å². The topological polar surface area (TPSA) is 63.2 Å². The normalized spacial score (nSPS) is 11.2. The van der Waals surface area contributed by atoms with Gasteiger partial charge in [-0.3, -0.25) is 4.79 Å². The lowest BCUT2D eigenvalue weighted by Crippen LogP contribution is -2.11. The zero-order chi connectivity index (χ0) is 12.3. The lowest BCUT2D eigenvalue weighted by Gasteiger charge is -2.05. The molecular weight excluding hydrogens is 257 g/mol. The number of anilines is 1. The predicted molar refractivity (Wildman–Crippen MR) is 58.4 cm³/mol. The van der Waals surface area contributed by atoms with Crippen LogP contribution in [0.1, 0.15) is 13.3 Å². The molecule has 0 aromatic heterocycles. The molecule has 1 rings (SSSR count). The van der Waals surface area contributed by atoms with Crippen LogP contribution in [0.25, 0.3) is 0 Å². The monoisotopic (exact) mass is 265 g/mol. The maximum Gasteiger partial charge on any atom is 0.261 e. The molecular formula is C9H9ClFNO3S. The van der Waals surface area contributed by atoms with Gasteiger partial charge in [0.05, 0.1) is 10.6 Å². The molecule has 7 heteroatoms. The third-order valence-electron chi connectivity index (χ3n) is 1.82. The van der Waals surface area contributed by atoms with Crippen LogP contribution < -0.4 is 5.32 Å². The summed E-state index contributed by atoms with van der Waals surface area (Å²) < 4.78 is 35.1. The predicted octanol–water partition coefficient (Wildman–Crippen LogP) is 2.10. The van der Waals surface area contributed by atoms with Crippen LogP contribution in [0.3, 0.4) is 0 Å². The highest BCUT2D eigenvalue weighted by Crippen LogP contribution is 2.21. The van der Waals surface area contributed by atoms with E-state index in [1.54, 1.807) is 6.92 Å². The first-order valence-corrected chi connectivity index (χ1v) is 6.69. The van der Waals surface area contributed by atoms with Gasteiger partial charge in [-0.2, -0.15) is 0 Å². The molecule has 4 nitrogen and oxygen atoms in total. The van der Waals surface area contributed by atoms with Crippen molar-refractivity contribution in [2.24, 2.45) is 0 Å². The van der Waals surface area contributed by atoms with Crippen LogP contribution in [0.15, 0.2) is 23.1 Å². The van der Waals surface area contributed by atoms with Gasteiger partial charge >= 0.3 is 0 Å². The Labute approximate surface area is 96.8 Å². The summed E-state index contributed by atoms with van der Waals surface area (Å²) in [5.74, 6) is -1.20. The third-order valence-corrected chi connectivity index (χ3v) is 3.17. The molecule has 88 valence electrons. The van der Waals surface area contributed by atoms with E-state index < -0.39 is 14.9 Å². The van der Waals surface area contributed by atoms with Crippen LogP contribution in [-0.4, -0.2) is 14.3 Å². The Hall–Kier alpha value is -1.14. The average Bonchev–Trinajstić information content (AvgIpc) is 2.19. The van der Waals surface area contributed by atoms with E-state index in [1.165, 1.54) is 0 Å². The third kappa shape index (κ3) is 3.18. The van der Waals surface area contributed by atoms with Crippen LogP contribution in [0.4, 0.5) is 10.1 Å². The second-order valence-corrected chi connectivity index (χ2v) is 5.55. The Bertz CT molecular complexity index is 515. The average molecular weight is 266 g/mol. The molecule has 0 atom stereocenters. The van der Waals surface area contributed by atoms with Crippen molar-refractivity contribution in [1.29, 1.82) is 0 Å². The molecule has 0 spiro atoms. The molecule has 0 bridgehead atoms. The summed E-state index contributed by atoms with van der Waals surface area (Å²) in [6.45, 7) is 1.62. The Balaban J connectivity index is 3.06. The van der Waals surface area contributed by atoms with Gasteiger partial charge < -0.3 is 5.32 Å². The first kappa shape index (κ1) is 12.9. The minimum absolute atomic E-state index is 0.0732. The molecule has 1 aromatic rings. The van der Waals surface area contributed by atoms with Crippen LogP contribution in [0, 0.1) is 5.82 Å². The van der Waals surface area contributed by atoms with E-state index in [-0.39, 0.29) is 22.9 Å². The number of amides is 1. The molecule has 0 saturated carbocycles. The van der Waals surface area contributed by atoms with Gasteiger partial charge in [0.1, 0.15) is 5.82 Å². The SMILES string of the molecule is CCC(=O)Nc1ccc(S(=O)(=O)Cl)cc1F. The van der Waals surface area contributed by atoms with Gasteiger partial charge in [0.2, 0.25) is 5.91 Å². The highest BCUT2D eigenvalue weighted by atomic mass is 35.7. The largest absolute Gasteiger partial charge is 0.324 e.